The van der Waals surface area contributed by atoms with Crippen LogP contribution in [0.3, 0.4) is 0 Å². The summed E-state index contributed by atoms with van der Waals surface area (Å²) in [5.41, 5.74) is 1.56. The predicted octanol–water partition coefficient (Wildman–Crippen LogP) is 2.65. The van der Waals surface area contributed by atoms with Gasteiger partial charge < -0.3 is 5.32 Å². The smallest absolute Gasteiger partial charge is 0.267 e. The van der Waals surface area contributed by atoms with Gasteiger partial charge in [0.1, 0.15) is 10.7 Å². The molecule has 1 heterocycles. The van der Waals surface area contributed by atoms with E-state index in [2.05, 4.69) is 10.3 Å². The van der Waals surface area contributed by atoms with Crippen LogP contribution in [0.1, 0.15) is 12.5 Å². The van der Waals surface area contributed by atoms with Crippen molar-refractivity contribution in [3.63, 3.8) is 0 Å². The Bertz CT molecular complexity index is 729. The summed E-state index contributed by atoms with van der Waals surface area (Å²) in [6, 6.07) is 10.6. The van der Waals surface area contributed by atoms with E-state index in [0.717, 1.165) is 5.56 Å². The Morgan fingerprint density at radius 2 is 1.90 bits per heavy atom. The number of para-hydroxylation sites is 1. The van der Waals surface area contributed by atoms with Crippen LogP contribution in [0, 0.1) is 6.92 Å². The summed E-state index contributed by atoms with van der Waals surface area (Å²) in [5, 5.41) is 2.99. The maximum atomic E-state index is 12.8. The molecule has 0 amide bonds. The number of sulfonamides is 1. The van der Waals surface area contributed by atoms with Crippen molar-refractivity contribution < 1.29 is 8.42 Å². The minimum Gasteiger partial charge on any atom is -0.369 e. The summed E-state index contributed by atoms with van der Waals surface area (Å²) in [6.45, 7) is 4.39. The first kappa shape index (κ1) is 15.3. The molecule has 0 bridgehead atoms. The number of hydrogen-bond donors (Lipinski definition) is 1. The second-order valence-corrected chi connectivity index (χ2v) is 6.58. The first-order valence-electron chi connectivity index (χ1n) is 6.72. The zero-order chi connectivity index (χ0) is 15.5. The average molecular weight is 305 g/mol. The molecular formula is C15H19N3O2S. The SMILES string of the molecule is CCNc1ncccc1S(=O)(=O)N(C)c1ccccc1C. The number of aryl methyl sites for hydroxylation is 1. The topological polar surface area (TPSA) is 62.3 Å². The summed E-state index contributed by atoms with van der Waals surface area (Å²) >= 11 is 0. The van der Waals surface area contributed by atoms with Crippen LogP contribution in [0.25, 0.3) is 0 Å². The molecule has 2 rings (SSSR count). The zero-order valence-electron chi connectivity index (χ0n) is 12.4. The normalized spacial score (nSPS) is 11.2. The van der Waals surface area contributed by atoms with E-state index in [1.165, 1.54) is 4.31 Å². The molecular weight excluding hydrogens is 286 g/mol. The molecule has 0 aliphatic heterocycles. The zero-order valence-corrected chi connectivity index (χ0v) is 13.2. The van der Waals surface area contributed by atoms with Gasteiger partial charge in [-0.1, -0.05) is 18.2 Å². The van der Waals surface area contributed by atoms with Gasteiger partial charge in [0.05, 0.1) is 5.69 Å². The van der Waals surface area contributed by atoms with Crippen molar-refractivity contribution in [3.05, 3.63) is 48.2 Å². The maximum Gasteiger partial charge on any atom is 0.267 e. The molecule has 1 aromatic heterocycles. The van der Waals surface area contributed by atoms with Crippen LogP contribution in [0.2, 0.25) is 0 Å². The number of hydrogen-bond acceptors (Lipinski definition) is 4. The third-order valence-electron chi connectivity index (χ3n) is 3.21. The van der Waals surface area contributed by atoms with Gasteiger partial charge in [-0.25, -0.2) is 13.4 Å². The van der Waals surface area contributed by atoms with Gasteiger partial charge in [-0.3, -0.25) is 4.31 Å². The largest absolute Gasteiger partial charge is 0.369 e. The van der Waals surface area contributed by atoms with E-state index in [4.69, 9.17) is 0 Å². The molecule has 0 aliphatic rings. The molecule has 0 fully saturated rings. The van der Waals surface area contributed by atoms with Crippen molar-refractivity contribution in [1.29, 1.82) is 0 Å². The van der Waals surface area contributed by atoms with Crippen LogP contribution in [-0.2, 0) is 10.0 Å². The molecule has 2 aromatic rings. The van der Waals surface area contributed by atoms with Crippen molar-refractivity contribution in [2.45, 2.75) is 18.7 Å². The summed E-state index contributed by atoms with van der Waals surface area (Å²) < 4.78 is 26.9. The molecule has 0 aliphatic carbocycles. The average Bonchev–Trinajstić information content (AvgIpc) is 2.48. The van der Waals surface area contributed by atoms with Gasteiger partial charge in [-0.2, -0.15) is 0 Å². The number of anilines is 2. The third kappa shape index (κ3) is 3.00. The lowest BCUT2D eigenvalue weighted by Crippen LogP contribution is -2.28. The summed E-state index contributed by atoms with van der Waals surface area (Å²) in [4.78, 5) is 4.29. The number of nitrogens with zero attached hydrogens (tertiary/aromatic N) is 2. The molecule has 0 saturated heterocycles. The molecule has 1 N–H and O–H groups in total. The minimum atomic E-state index is -3.66. The van der Waals surface area contributed by atoms with Gasteiger partial charge in [-0.15, -0.1) is 0 Å². The summed E-state index contributed by atoms with van der Waals surface area (Å²) in [5.74, 6) is 0.375. The molecule has 0 spiro atoms. The number of benzene rings is 1. The molecule has 0 radical (unpaired) electrons. The molecule has 1 aromatic carbocycles. The number of rotatable bonds is 5. The molecule has 0 atom stereocenters. The van der Waals surface area contributed by atoms with Gasteiger partial charge in [-0.05, 0) is 37.6 Å². The minimum absolute atomic E-state index is 0.178. The van der Waals surface area contributed by atoms with Crippen molar-refractivity contribution in [2.75, 3.05) is 23.2 Å². The van der Waals surface area contributed by atoms with E-state index in [9.17, 15) is 8.42 Å². The van der Waals surface area contributed by atoms with Crippen LogP contribution < -0.4 is 9.62 Å². The van der Waals surface area contributed by atoms with E-state index < -0.39 is 10.0 Å². The van der Waals surface area contributed by atoms with Gasteiger partial charge in [0.15, 0.2) is 0 Å². The number of nitrogens with one attached hydrogen (secondary N) is 1. The Balaban J connectivity index is 2.50. The van der Waals surface area contributed by atoms with Crippen LogP contribution >= 0.6 is 0 Å². The third-order valence-corrected chi connectivity index (χ3v) is 5.01. The molecule has 0 saturated carbocycles. The monoisotopic (exact) mass is 305 g/mol. The molecule has 6 heteroatoms. The van der Waals surface area contributed by atoms with E-state index in [1.54, 1.807) is 31.4 Å². The lowest BCUT2D eigenvalue weighted by atomic mass is 10.2. The highest BCUT2D eigenvalue weighted by molar-refractivity contribution is 7.93. The highest BCUT2D eigenvalue weighted by atomic mass is 32.2. The number of aromatic nitrogens is 1. The van der Waals surface area contributed by atoms with E-state index >= 15 is 0 Å². The van der Waals surface area contributed by atoms with Gasteiger partial charge in [0.25, 0.3) is 10.0 Å². The van der Waals surface area contributed by atoms with Crippen molar-refractivity contribution >= 4 is 21.5 Å². The van der Waals surface area contributed by atoms with Crippen LogP contribution in [0.15, 0.2) is 47.5 Å². The highest BCUT2D eigenvalue weighted by Crippen LogP contribution is 2.27. The van der Waals surface area contributed by atoms with Gasteiger partial charge in [0.2, 0.25) is 0 Å². The Labute approximate surface area is 125 Å². The molecule has 0 unspecified atom stereocenters. The highest BCUT2D eigenvalue weighted by Gasteiger charge is 2.25. The Kier molecular flexibility index (Phi) is 4.47. The quantitative estimate of drug-likeness (QED) is 0.922. The standard InChI is InChI=1S/C15H19N3O2S/c1-4-16-15-14(10-7-11-17-15)21(19,20)18(3)13-9-6-5-8-12(13)2/h5-11H,4H2,1-3H3,(H,16,17). The summed E-state index contributed by atoms with van der Waals surface area (Å²) in [6.07, 6.45) is 1.57. The van der Waals surface area contributed by atoms with Crippen molar-refractivity contribution in [2.24, 2.45) is 0 Å². The maximum absolute atomic E-state index is 12.8. The fourth-order valence-corrected chi connectivity index (χ4v) is 3.47. The Morgan fingerprint density at radius 3 is 2.57 bits per heavy atom. The Hall–Kier alpha value is -2.08. The van der Waals surface area contributed by atoms with Gasteiger partial charge >= 0.3 is 0 Å². The van der Waals surface area contributed by atoms with Crippen LogP contribution in [-0.4, -0.2) is 27.0 Å². The fourth-order valence-electron chi connectivity index (χ4n) is 2.09. The van der Waals surface area contributed by atoms with Gasteiger partial charge in [0, 0.05) is 19.8 Å². The molecule has 21 heavy (non-hydrogen) atoms. The fraction of sp³-hybridized carbons (Fsp3) is 0.267. The first-order chi connectivity index (χ1) is 9.98. The van der Waals surface area contributed by atoms with Crippen molar-refractivity contribution in [1.82, 2.24) is 4.98 Å². The van der Waals surface area contributed by atoms with Crippen LogP contribution in [0.4, 0.5) is 11.5 Å². The predicted molar refractivity (Wildman–Crippen MR) is 85.2 cm³/mol. The second-order valence-electron chi connectivity index (χ2n) is 4.64. The van der Waals surface area contributed by atoms with E-state index in [1.807, 2.05) is 32.0 Å². The Morgan fingerprint density at radius 1 is 1.19 bits per heavy atom. The van der Waals surface area contributed by atoms with E-state index in [0.29, 0.717) is 18.1 Å². The van der Waals surface area contributed by atoms with Crippen LogP contribution in [0.5, 0.6) is 0 Å². The molecule has 112 valence electrons. The second kappa shape index (κ2) is 6.13. The van der Waals surface area contributed by atoms with Crippen molar-refractivity contribution in [3.8, 4) is 0 Å². The number of pyridine rings is 1. The lowest BCUT2D eigenvalue weighted by molar-refractivity contribution is 0.594. The molecule has 5 nitrogen and oxygen atoms in total. The lowest BCUT2D eigenvalue weighted by Gasteiger charge is -2.22. The first-order valence-corrected chi connectivity index (χ1v) is 8.16. The summed E-state index contributed by atoms with van der Waals surface area (Å²) in [7, 11) is -2.10. The van der Waals surface area contributed by atoms with E-state index in [-0.39, 0.29) is 4.90 Å².